The molecule has 1 aliphatic heterocycles. The van der Waals surface area contributed by atoms with Gasteiger partial charge in [0.05, 0.1) is 0 Å². The maximum absolute atomic E-state index is 12.4. The normalized spacial score (nSPS) is 26.4. The molecule has 1 heterocycles. The Morgan fingerprint density at radius 1 is 1.24 bits per heavy atom. The molecule has 3 rings (SSSR count). The molecule has 2 nitrogen and oxygen atoms in total. The van der Waals surface area contributed by atoms with Gasteiger partial charge in [0.25, 0.3) is 0 Å². The molecule has 1 saturated carbocycles. The van der Waals surface area contributed by atoms with E-state index in [1.54, 1.807) is 0 Å². The van der Waals surface area contributed by atoms with Gasteiger partial charge in [0, 0.05) is 24.8 Å². The standard InChI is InChI=1S/C15H19NO/c1-12-10-15(8-4-5-9-15)16(17)11-13-6-2-3-7-14(12)13/h2-3,6-7,11-12H,4-5,8-10H2,1H3/t12-/m1/s1. The van der Waals surface area contributed by atoms with Crippen LogP contribution in [0.2, 0.25) is 0 Å². The van der Waals surface area contributed by atoms with Gasteiger partial charge >= 0.3 is 0 Å². The summed E-state index contributed by atoms with van der Waals surface area (Å²) in [6, 6.07) is 8.32. The summed E-state index contributed by atoms with van der Waals surface area (Å²) in [5.74, 6) is 0.486. The fraction of sp³-hybridized carbons (Fsp3) is 0.533. The van der Waals surface area contributed by atoms with Crippen molar-refractivity contribution in [1.82, 2.24) is 0 Å². The summed E-state index contributed by atoms with van der Waals surface area (Å²) in [6.07, 6.45) is 7.36. The van der Waals surface area contributed by atoms with E-state index in [4.69, 9.17) is 0 Å². The van der Waals surface area contributed by atoms with E-state index in [-0.39, 0.29) is 5.54 Å². The van der Waals surface area contributed by atoms with Crippen LogP contribution in [0.1, 0.15) is 56.1 Å². The smallest absolute Gasteiger partial charge is 0.182 e. The molecular weight excluding hydrogens is 210 g/mol. The minimum atomic E-state index is -0.113. The van der Waals surface area contributed by atoms with Crippen molar-refractivity contribution in [3.8, 4) is 0 Å². The van der Waals surface area contributed by atoms with Crippen LogP contribution in [0.5, 0.6) is 0 Å². The zero-order valence-electron chi connectivity index (χ0n) is 10.4. The van der Waals surface area contributed by atoms with Crippen LogP contribution < -0.4 is 0 Å². The first-order valence-corrected chi connectivity index (χ1v) is 6.62. The largest absolute Gasteiger partial charge is 0.623 e. The summed E-state index contributed by atoms with van der Waals surface area (Å²) >= 11 is 0. The summed E-state index contributed by atoms with van der Waals surface area (Å²) in [5, 5.41) is 12.4. The van der Waals surface area contributed by atoms with Crippen molar-refractivity contribution in [2.45, 2.75) is 50.5 Å². The van der Waals surface area contributed by atoms with Gasteiger partial charge in [-0.25, -0.2) is 4.74 Å². The number of benzene rings is 1. The van der Waals surface area contributed by atoms with Gasteiger partial charge in [0.15, 0.2) is 11.8 Å². The number of fused-ring (bicyclic) bond motifs is 1. The molecule has 0 saturated heterocycles. The van der Waals surface area contributed by atoms with Gasteiger partial charge in [-0.1, -0.05) is 25.1 Å². The second-order valence-corrected chi connectivity index (χ2v) is 5.62. The van der Waals surface area contributed by atoms with Crippen molar-refractivity contribution in [3.63, 3.8) is 0 Å². The van der Waals surface area contributed by atoms with Crippen LogP contribution in [0.15, 0.2) is 24.3 Å². The highest BCUT2D eigenvalue weighted by Gasteiger charge is 2.44. The number of hydrogen-bond donors (Lipinski definition) is 0. The van der Waals surface area contributed by atoms with Gasteiger partial charge in [-0.15, -0.1) is 0 Å². The minimum Gasteiger partial charge on any atom is -0.623 e. The van der Waals surface area contributed by atoms with Crippen LogP contribution >= 0.6 is 0 Å². The summed E-state index contributed by atoms with van der Waals surface area (Å²) in [4.78, 5) is 0. The van der Waals surface area contributed by atoms with Crippen LogP contribution in [0.4, 0.5) is 0 Å². The molecule has 0 unspecified atom stereocenters. The van der Waals surface area contributed by atoms with Gasteiger partial charge in [0.1, 0.15) is 0 Å². The molecule has 1 aromatic carbocycles. The van der Waals surface area contributed by atoms with Crippen LogP contribution in [0.25, 0.3) is 0 Å². The first-order chi connectivity index (χ1) is 8.21. The fourth-order valence-corrected chi connectivity index (χ4v) is 3.57. The lowest BCUT2D eigenvalue weighted by atomic mass is 9.84. The molecule has 1 atom stereocenters. The Morgan fingerprint density at radius 3 is 2.71 bits per heavy atom. The third-order valence-electron chi connectivity index (χ3n) is 4.47. The van der Waals surface area contributed by atoms with Gasteiger partial charge in [-0.3, -0.25) is 0 Å². The highest BCUT2D eigenvalue weighted by Crippen LogP contribution is 2.42. The Labute approximate surface area is 103 Å². The minimum absolute atomic E-state index is 0.113. The van der Waals surface area contributed by atoms with Crippen LogP contribution in [-0.4, -0.2) is 16.5 Å². The van der Waals surface area contributed by atoms with Crippen molar-refractivity contribution in [2.75, 3.05) is 0 Å². The van der Waals surface area contributed by atoms with Gasteiger partial charge < -0.3 is 5.21 Å². The third-order valence-corrected chi connectivity index (χ3v) is 4.47. The van der Waals surface area contributed by atoms with Gasteiger partial charge in [-0.05, 0) is 30.4 Å². The molecule has 2 aliphatic rings. The summed E-state index contributed by atoms with van der Waals surface area (Å²) < 4.78 is 1.27. The van der Waals surface area contributed by atoms with E-state index in [0.717, 1.165) is 24.8 Å². The average molecular weight is 229 g/mol. The van der Waals surface area contributed by atoms with E-state index in [9.17, 15) is 5.21 Å². The van der Waals surface area contributed by atoms with Crippen LogP contribution in [0, 0.1) is 5.21 Å². The van der Waals surface area contributed by atoms with E-state index < -0.39 is 0 Å². The SMILES string of the molecule is C[C@@H]1CC2(CCCC2)[N+]([O-])=Cc2ccccc21. The molecular formula is C15H19NO. The van der Waals surface area contributed by atoms with Crippen LogP contribution in [0.3, 0.4) is 0 Å². The molecule has 0 radical (unpaired) electrons. The summed E-state index contributed by atoms with van der Waals surface area (Å²) in [5.41, 5.74) is 2.33. The molecule has 0 amide bonds. The van der Waals surface area contributed by atoms with Crippen molar-refractivity contribution in [3.05, 3.63) is 40.6 Å². The second kappa shape index (κ2) is 3.86. The topological polar surface area (TPSA) is 26.1 Å². The molecule has 2 heteroatoms. The first kappa shape index (κ1) is 10.8. The lowest BCUT2D eigenvalue weighted by Crippen LogP contribution is -2.37. The molecule has 90 valence electrons. The molecule has 0 N–H and O–H groups in total. The van der Waals surface area contributed by atoms with Crippen LogP contribution in [-0.2, 0) is 0 Å². The van der Waals surface area contributed by atoms with E-state index >= 15 is 0 Å². The molecule has 17 heavy (non-hydrogen) atoms. The number of hydroxylamine groups is 1. The molecule has 1 fully saturated rings. The van der Waals surface area contributed by atoms with Crippen molar-refractivity contribution in [2.24, 2.45) is 0 Å². The number of rotatable bonds is 0. The Balaban J connectivity index is 2.08. The Hall–Kier alpha value is -1.31. The Bertz CT molecular complexity index is 458. The van der Waals surface area contributed by atoms with E-state index in [2.05, 4.69) is 25.1 Å². The predicted molar refractivity (Wildman–Crippen MR) is 69.5 cm³/mol. The van der Waals surface area contributed by atoms with E-state index in [0.29, 0.717) is 5.92 Å². The highest BCUT2D eigenvalue weighted by molar-refractivity contribution is 5.79. The van der Waals surface area contributed by atoms with E-state index in [1.807, 2.05) is 12.3 Å². The first-order valence-electron chi connectivity index (χ1n) is 6.62. The lowest BCUT2D eigenvalue weighted by Gasteiger charge is -2.28. The quantitative estimate of drug-likeness (QED) is 0.494. The van der Waals surface area contributed by atoms with Gasteiger partial charge in [0.2, 0.25) is 0 Å². The third kappa shape index (κ3) is 1.67. The van der Waals surface area contributed by atoms with Crippen molar-refractivity contribution >= 4 is 6.21 Å². The van der Waals surface area contributed by atoms with Crippen molar-refractivity contribution < 1.29 is 4.74 Å². The molecule has 1 spiro atoms. The van der Waals surface area contributed by atoms with Gasteiger partial charge in [-0.2, -0.15) is 0 Å². The Kier molecular flexibility index (Phi) is 2.46. The van der Waals surface area contributed by atoms with E-state index in [1.165, 1.54) is 23.1 Å². The predicted octanol–water partition coefficient (Wildman–Crippen LogP) is 3.44. The maximum atomic E-state index is 12.4. The zero-order chi connectivity index (χ0) is 11.9. The second-order valence-electron chi connectivity index (χ2n) is 5.62. The summed E-state index contributed by atoms with van der Waals surface area (Å²) in [6.45, 7) is 2.26. The highest BCUT2D eigenvalue weighted by atomic mass is 16.5. The zero-order valence-corrected chi connectivity index (χ0v) is 10.4. The summed E-state index contributed by atoms with van der Waals surface area (Å²) in [7, 11) is 0. The number of hydrogen-bond acceptors (Lipinski definition) is 1. The molecule has 1 aromatic rings. The number of nitrogens with zero attached hydrogens (tertiary/aromatic N) is 1. The average Bonchev–Trinajstić information content (AvgIpc) is 2.75. The monoisotopic (exact) mass is 229 g/mol. The van der Waals surface area contributed by atoms with Crippen molar-refractivity contribution in [1.29, 1.82) is 0 Å². The Morgan fingerprint density at radius 2 is 1.94 bits per heavy atom. The molecule has 1 aliphatic carbocycles. The fourth-order valence-electron chi connectivity index (χ4n) is 3.57. The lowest BCUT2D eigenvalue weighted by molar-refractivity contribution is -0.545. The molecule has 0 bridgehead atoms. The molecule has 0 aromatic heterocycles. The maximum Gasteiger partial charge on any atom is 0.182 e.